The number of aliphatic imine (C=N–C) groups is 1. The van der Waals surface area contributed by atoms with E-state index in [1.807, 2.05) is 31.3 Å². The number of likely N-dealkylation sites (N-methyl/N-ethyl adjacent to an activating group) is 1. The molecule has 1 saturated carbocycles. The molecule has 3 nitrogen and oxygen atoms in total. The van der Waals surface area contributed by atoms with Crippen molar-refractivity contribution in [3.8, 4) is 0 Å². The summed E-state index contributed by atoms with van der Waals surface area (Å²) >= 11 is 0. The summed E-state index contributed by atoms with van der Waals surface area (Å²) in [7, 11) is 1.82. The van der Waals surface area contributed by atoms with E-state index >= 15 is 0 Å². The quantitative estimate of drug-likeness (QED) is 0.745. The number of rotatable bonds is 1. The SMILES string of the molecule is CN1C(=O)C(=NC2CCCCC2)c2ccccc21. The van der Waals surface area contributed by atoms with E-state index in [0.29, 0.717) is 11.8 Å². The minimum Gasteiger partial charge on any atom is -0.309 e. The van der Waals surface area contributed by atoms with E-state index in [4.69, 9.17) is 4.99 Å². The van der Waals surface area contributed by atoms with Crippen molar-refractivity contribution in [2.45, 2.75) is 38.1 Å². The number of carbonyl (C=O) groups excluding carboxylic acids is 1. The molecule has 0 spiro atoms. The smallest absolute Gasteiger partial charge is 0.276 e. The molecule has 2 aliphatic rings. The molecule has 0 N–H and O–H groups in total. The Balaban J connectivity index is 1.96. The average Bonchev–Trinajstić information content (AvgIpc) is 2.66. The maximum Gasteiger partial charge on any atom is 0.276 e. The molecule has 1 aliphatic heterocycles. The molecule has 1 amide bonds. The zero-order valence-electron chi connectivity index (χ0n) is 10.7. The maximum atomic E-state index is 12.2. The standard InChI is InChI=1S/C15H18N2O/c1-17-13-10-6-5-9-12(13)14(15(17)18)16-11-7-3-2-4-8-11/h5-6,9-11H,2-4,7-8H2,1H3. The fraction of sp³-hybridized carbons (Fsp3) is 0.467. The fourth-order valence-electron chi connectivity index (χ4n) is 2.87. The van der Waals surface area contributed by atoms with Crippen molar-refractivity contribution in [1.29, 1.82) is 0 Å². The Morgan fingerprint density at radius 1 is 1.17 bits per heavy atom. The second-order valence-electron chi connectivity index (χ2n) is 5.15. The topological polar surface area (TPSA) is 32.7 Å². The van der Waals surface area contributed by atoms with Crippen molar-refractivity contribution < 1.29 is 4.79 Å². The van der Waals surface area contributed by atoms with Crippen molar-refractivity contribution >= 4 is 17.3 Å². The monoisotopic (exact) mass is 242 g/mol. The van der Waals surface area contributed by atoms with Crippen LogP contribution in [-0.2, 0) is 4.79 Å². The molecule has 0 atom stereocenters. The van der Waals surface area contributed by atoms with E-state index in [1.165, 1.54) is 19.3 Å². The van der Waals surface area contributed by atoms with Gasteiger partial charge in [-0.2, -0.15) is 0 Å². The molecule has 0 radical (unpaired) electrons. The number of hydrogen-bond acceptors (Lipinski definition) is 2. The zero-order chi connectivity index (χ0) is 12.5. The summed E-state index contributed by atoms with van der Waals surface area (Å²) in [5.74, 6) is 0.0433. The number of anilines is 1. The van der Waals surface area contributed by atoms with Gasteiger partial charge in [0.25, 0.3) is 5.91 Å². The molecule has 3 heteroatoms. The minimum atomic E-state index is 0.0433. The van der Waals surface area contributed by atoms with E-state index in [0.717, 1.165) is 24.1 Å². The highest BCUT2D eigenvalue weighted by molar-refractivity contribution is 6.54. The fourth-order valence-corrected chi connectivity index (χ4v) is 2.87. The summed E-state index contributed by atoms with van der Waals surface area (Å²) in [6, 6.07) is 8.26. The molecule has 94 valence electrons. The summed E-state index contributed by atoms with van der Waals surface area (Å²) in [4.78, 5) is 18.7. The van der Waals surface area contributed by atoms with Gasteiger partial charge in [0.1, 0.15) is 5.71 Å². The molecule has 3 rings (SSSR count). The number of carbonyl (C=O) groups is 1. The second kappa shape index (κ2) is 4.56. The van der Waals surface area contributed by atoms with Crippen molar-refractivity contribution in [2.24, 2.45) is 4.99 Å². The van der Waals surface area contributed by atoms with Gasteiger partial charge in [-0.25, -0.2) is 0 Å². The van der Waals surface area contributed by atoms with Gasteiger partial charge in [0, 0.05) is 12.6 Å². The first-order chi connectivity index (χ1) is 8.77. The lowest BCUT2D eigenvalue weighted by Gasteiger charge is -2.18. The number of benzene rings is 1. The predicted octanol–water partition coefficient (Wildman–Crippen LogP) is 2.78. The molecule has 1 fully saturated rings. The summed E-state index contributed by atoms with van der Waals surface area (Å²) in [5.41, 5.74) is 2.65. The van der Waals surface area contributed by atoms with Crippen molar-refractivity contribution in [3.05, 3.63) is 29.8 Å². The summed E-state index contributed by atoms with van der Waals surface area (Å²) in [5, 5.41) is 0. The highest BCUT2D eigenvalue weighted by Crippen LogP contribution is 2.29. The Morgan fingerprint density at radius 3 is 2.67 bits per heavy atom. The van der Waals surface area contributed by atoms with Gasteiger partial charge in [-0.3, -0.25) is 9.79 Å². The van der Waals surface area contributed by atoms with Crippen LogP contribution in [0.1, 0.15) is 37.7 Å². The Hall–Kier alpha value is -1.64. The molecule has 0 aromatic heterocycles. The van der Waals surface area contributed by atoms with Crippen LogP contribution in [-0.4, -0.2) is 24.7 Å². The number of nitrogens with zero attached hydrogens (tertiary/aromatic N) is 2. The van der Waals surface area contributed by atoms with Gasteiger partial charge < -0.3 is 4.90 Å². The zero-order valence-corrected chi connectivity index (χ0v) is 10.7. The molecule has 0 saturated heterocycles. The average molecular weight is 242 g/mol. The van der Waals surface area contributed by atoms with E-state index in [2.05, 4.69) is 0 Å². The van der Waals surface area contributed by atoms with Crippen LogP contribution in [0.5, 0.6) is 0 Å². The van der Waals surface area contributed by atoms with Gasteiger partial charge in [0.05, 0.1) is 11.7 Å². The van der Waals surface area contributed by atoms with Crippen LogP contribution in [0, 0.1) is 0 Å². The predicted molar refractivity (Wildman–Crippen MR) is 73.3 cm³/mol. The molecular formula is C15H18N2O. The highest BCUT2D eigenvalue weighted by atomic mass is 16.2. The van der Waals surface area contributed by atoms with E-state index in [9.17, 15) is 4.79 Å². The second-order valence-corrected chi connectivity index (χ2v) is 5.15. The number of para-hydroxylation sites is 1. The number of hydrogen-bond donors (Lipinski definition) is 0. The number of amides is 1. The first-order valence-corrected chi connectivity index (χ1v) is 6.72. The van der Waals surface area contributed by atoms with Crippen molar-refractivity contribution in [3.63, 3.8) is 0 Å². The third kappa shape index (κ3) is 1.84. The van der Waals surface area contributed by atoms with Crippen LogP contribution in [0.25, 0.3) is 0 Å². The third-order valence-electron chi connectivity index (χ3n) is 3.91. The Labute approximate surface area is 108 Å². The summed E-state index contributed by atoms with van der Waals surface area (Å²) in [6.45, 7) is 0. The van der Waals surface area contributed by atoms with Gasteiger partial charge in [-0.1, -0.05) is 37.5 Å². The van der Waals surface area contributed by atoms with Gasteiger partial charge >= 0.3 is 0 Å². The summed E-state index contributed by atoms with van der Waals surface area (Å²) in [6.07, 6.45) is 6.05. The van der Waals surface area contributed by atoms with Crippen LogP contribution in [0.3, 0.4) is 0 Å². The van der Waals surface area contributed by atoms with Crippen LogP contribution >= 0.6 is 0 Å². The number of fused-ring (bicyclic) bond motifs is 1. The van der Waals surface area contributed by atoms with Crippen LogP contribution < -0.4 is 4.90 Å². The molecule has 1 aliphatic carbocycles. The van der Waals surface area contributed by atoms with Crippen LogP contribution in [0.2, 0.25) is 0 Å². The van der Waals surface area contributed by atoms with Crippen LogP contribution in [0.4, 0.5) is 5.69 Å². The highest BCUT2D eigenvalue weighted by Gasteiger charge is 2.31. The van der Waals surface area contributed by atoms with E-state index in [1.54, 1.807) is 4.90 Å². The maximum absolute atomic E-state index is 12.2. The molecule has 1 aromatic rings. The lowest BCUT2D eigenvalue weighted by atomic mass is 9.95. The molecule has 1 heterocycles. The third-order valence-corrected chi connectivity index (χ3v) is 3.91. The molecule has 1 aromatic carbocycles. The Morgan fingerprint density at radius 2 is 1.89 bits per heavy atom. The van der Waals surface area contributed by atoms with Crippen molar-refractivity contribution in [1.82, 2.24) is 0 Å². The van der Waals surface area contributed by atoms with Gasteiger partial charge in [0.15, 0.2) is 0 Å². The summed E-state index contributed by atoms with van der Waals surface area (Å²) < 4.78 is 0. The van der Waals surface area contributed by atoms with Crippen LogP contribution in [0.15, 0.2) is 29.3 Å². The Kier molecular flexibility index (Phi) is 2.90. The largest absolute Gasteiger partial charge is 0.309 e. The molecule has 0 bridgehead atoms. The Bertz CT molecular complexity index is 501. The normalized spacial score (nSPS) is 22.6. The van der Waals surface area contributed by atoms with E-state index in [-0.39, 0.29) is 5.91 Å². The minimum absolute atomic E-state index is 0.0433. The van der Waals surface area contributed by atoms with E-state index < -0.39 is 0 Å². The first kappa shape index (κ1) is 11.5. The van der Waals surface area contributed by atoms with Gasteiger partial charge in [-0.15, -0.1) is 0 Å². The van der Waals surface area contributed by atoms with Crippen molar-refractivity contribution in [2.75, 3.05) is 11.9 Å². The molecule has 0 unspecified atom stereocenters. The lowest BCUT2D eigenvalue weighted by molar-refractivity contribution is -0.112. The van der Waals surface area contributed by atoms with Gasteiger partial charge in [0.2, 0.25) is 0 Å². The molecular weight excluding hydrogens is 224 g/mol. The van der Waals surface area contributed by atoms with Gasteiger partial charge in [-0.05, 0) is 18.9 Å². The lowest BCUT2D eigenvalue weighted by Crippen LogP contribution is -2.27. The first-order valence-electron chi connectivity index (χ1n) is 6.72. The molecule has 18 heavy (non-hydrogen) atoms.